The Morgan fingerprint density at radius 3 is 2.12 bits per heavy atom. The molecular formula is C14H17N3. The number of benzene rings is 1. The quantitative estimate of drug-likeness (QED) is 0.814. The van der Waals surface area contributed by atoms with E-state index in [1.807, 2.05) is 6.92 Å². The fourth-order valence-corrected chi connectivity index (χ4v) is 2.26. The van der Waals surface area contributed by atoms with Crippen molar-refractivity contribution in [2.24, 2.45) is 0 Å². The molecule has 2 aromatic rings. The standard InChI is InChI=1S/C14H17N3/c1-8-5-9(2)12(10(3)6-8)13-11(4)7-16-14(15)17-13/h5-7H,1-4H3,(H2,15,16,17). The number of hydrogen-bond donors (Lipinski definition) is 1. The number of aryl methyl sites for hydroxylation is 4. The minimum atomic E-state index is 0.324. The van der Waals surface area contributed by atoms with E-state index < -0.39 is 0 Å². The summed E-state index contributed by atoms with van der Waals surface area (Å²) in [5, 5.41) is 0. The number of nitrogens with zero attached hydrogens (tertiary/aromatic N) is 2. The van der Waals surface area contributed by atoms with Crippen molar-refractivity contribution in [3.63, 3.8) is 0 Å². The van der Waals surface area contributed by atoms with Crippen LogP contribution in [0.1, 0.15) is 22.3 Å². The van der Waals surface area contributed by atoms with Crippen molar-refractivity contribution in [1.82, 2.24) is 9.97 Å². The molecule has 0 amide bonds. The van der Waals surface area contributed by atoms with E-state index in [9.17, 15) is 0 Å². The molecule has 3 heteroatoms. The molecule has 0 fully saturated rings. The first-order chi connectivity index (χ1) is 7.99. The summed E-state index contributed by atoms with van der Waals surface area (Å²) in [7, 11) is 0. The molecule has 3 nitrogen and oxygen atoms in total. The Kier molecular flexibility index (Phi) is 2.84. The fraction of sp³-hybridized carbons (Fsp3) is 0.286. The first-order valence-corrected chi connectivity index (χ1v) is 5.66. The third-order valence-electron chi connectivity index (χ3n) is 2.90. The second-order valence-corrected chi connectivity index (χ2v) is 4.53. The molecule has 0 atom stereocenters. The summed E-state index contributed by atoms with van der Waals surface area (Å²) < 4.78 is 0. The van der Waals surface area contributed by atoms with E-state index in [4.69, 9.17) is 5.73 Å². The van der Waals surface area contributed by atoms with Crippen LogP contribution in [0.2, 0.25) is 0 Å². The van der Waals surface area contributed by atoms with Gasteiger partial charge in [-0.1, -0.05) is 17.7 Å². The third-order valence-corrected chi connectivity index (χ3v) is 2.90. The van der Waals surface area contributed by atoms with Gasteiger partial charge in [0.25, 0.3) is 0 Å². The first kappa shape index (κ1) is 11.6. The Bertz CT molecular complexity index is 551. The number of anilines is 1. The van der Waals surface area contributed by atoms with E-state index in [0.717, 1.165) is 11.3 Å². The van der Waals surface area contributed by atoms with Crippen molar-refractivity contribution in [2.45, 2.75) is 27.7 Å². The van der Waals surface area contributed by atoms with E-state index in [2.05, 4.69) is 42.9 Å². The minimum absolute atomic E-state index is 0.324. The monoisotopic (exact) mass is 227 g/mol. The van der Waals surface area contributed by atoms with Gasteiger partial charge in [0.2, 0.25) is 5.95 Å². The Balaban J connectivity index is 2.72. The molecule has 0 aliphatic rings. The summed E-state index contributed by atoms with van der Waals surface area (Å²) in [6, 6.07) is 4.33. The highest BCUT2D eigenvalue weighted by molar-refractivity contribution is 5.71. The summed E-state index contributed by atoms with van der Waals surface area (Å²) in [6.07, 6.45) is 1.77. The van der Waals surface area contributed by atoms with Crippen LogP contribution in [0.4, 0.5) is 5.95 Å². The van der Waals surface area contributed by atoms with Crippen molar-refractivity contribution in [2.75, 3.05) is 5.73 Å². The van der Waals surface area contributed by atoms with Gasteiger partial charge in [0.1, 0.15) is 0 Å². The molecule has 0 aliphatic heterocycles. The Labute approximate surface area is 102 Å². The highest BCUT2D eigenvalue weighted by Crippen LogP contribution is 2.29. The number of nitrogens with two attached hydrogens (primary N) is 1. The van der Waals surface area contributed by atoms with Crippen LogP contribution < -0.4 is 5.73 Å². The first-order valence-electron chi connectivity index (χ1n) is 5.66. The second kappa shape index (κ2) is 4.17. The third kappa shape index (κ3) is 2.13. The molecule has 1 aromatic carbocycles. The molecule has 0 aliphatic carbocycles. The predicted molar refractivity (Wildman–Crippen MR) is 70.8 cm³/mol. The molecule has 1 heterocycles. The van der Waals surface area contributed by atoms with Crippen LogP contribution in [-0.4, -0.2) is 9.97 Å². The molecule has 0 spiro atoms. The van der Waals surface area contributed by atoms with Crippen molar-refractivity contribution in [3.8, 4) is 11.3 Å². The largest absolute Gasteiger partial charge is 0.368 e. The average molecular weight is 227 g/mol. The zero-order valence-electron chi connectivity index (χ0n) is 10.7. The summed E-state index contributed by atoms with van der Waals surface area (Å²) in [4.78, 5) is 8.37. The second-order valence-electron chi connectivity index (χ2n) is 4.53. The van der Waals surface area contributed by atoms with Gasteiger partial charge in [0.05, 0.1) is 5.69 Å². The zero-order chi connectivity index (χ0) is 12.6. The normalized spacial score (nSPS) is 10.6. The van der Waals surface area contributed by atoms with Crippen molar-refractivity contribution in [3.05, 3.63) is 40.6 Å². The molecule has 0 unspecified atom stereocenters. The molecule has 0 saturated heterocycles. The molecule has 2 N–H and O–H groups in total. The van der Waals surface area contributed by atoms with Gasteiger partial charge in [0.15, 0.2) is 0 Å². The maximum Gasteiger partial charge on any atom is 0.220 e. The highest BCUT2D eigenvalue weighted by atomic mass is 15.0. The molecule has 2 rings (SSSR count). The molecule has 88 valence electrons. The lowest BCUT2D eigenvalue weighted by molar-refractivity contribution is 1.14. The van der Waals surface area contributed by atoms with Crippen LogP contribution in [0.5, 0.6) is 0 Å². The van der Waals surface area contributed by atoms with E-state index in [-0.39, 0.29) is 0 Å². The van der Waals surface area contributed by atoms with Crippen LogP contribution in [0.25, 0.3) is 11.3 Å². The van der Waals surface area contributed by atoms with Crippen molar-refractivity contribution < 1.29 is 0 Å². The molecule has 17 heavy (non-hydrogen) atoms. The number of hydrogen-bond acceptors (Lipinski definition) is 3. The fourth-order valence-electron chi connectivity index (χ4n) is 2.26. The van der Waals surface area contributed by atoms with Gasteiger partial charge < -0.3 is 5.73 Å². The van der Waals surface area contributed by atoms with E-state index >= 15 is 0 Å². The smallest absolute Gasteiger partial charge is 0.220 e. The lowest BCUT2D eigenvalue weighted by Gasteiger charge is -2.13. The van der Waals surface area contributed by atoms with Crippen LogP contribution in [0.15, 0.2) is 18.3 Å². The van der Waals surface area contributed by atoms with E-state index in [1.165, 1.54) is 22.3 Å². The van der Waals surface area contributed by atoms with Crippen LogP contribution in [-0.2, 0) is 0 Å². The van der Waals surface area contributed by atoms with Gasteiger partial charge in [-0.15, -0.1) is 0 Å². The number of aromatic nitrogens is 2. The topological polar surface area (TPSA) is 51.8 Å². The van der Waals surface area contributed by atoms with Gasteiger partial charge in [-0.25, -0.2) is 9.97 Å². The predicted octanol–water partition coefficient (Wildman–Crippen LogP) is 2.96. The summed E-state index contributed by atoms with van der Waals surface area (Å²) >= 11 is 0. The lowest BCUT2D eigenvalue weighted by atomic mass is 9.95. The summed E-state index contributed by atoms with van der Waals surface area (Å²) in [6.45, 7) is 8.32. The Hall–Kier alpha value is -1.90. The molecular weight excluding hydrogens is 210 g/mol. The van der Waals surface area contributed by atoms with Gasteiger partial charge >= 0.3 is 0 Å². The molecule has 0 radical (unpaired) electrons. The van der Waals surface area contributed by atoms with Gasteiger partial charge in [-0.05, 0) is 44.4 Å². The van der Waals surface area contributed by atoms with Crippen molar-refractivity contribution >= 4 is 5.95 Å². The molecule has 0 saturated carbocycles. The Morgan fingerprint density at radius 2 is 1.53 bits per heavy atom. The molecule has 0 bridgehead atoms. The maximum absolute atomic E-state index is 5.67. The minimum Gasteiger partial charge on any atom is -0.368 e. The van der Waals surface area contributed by atoms with E-state index in [1.54, 1.807) is 6.20 Å². The van der Waals surface area contributed by atoms with Crippen molar-refractivity contribution in [1.29, 1.82) is 0 Å². The van der Waals surface area contributed by atoms with E-state index in [0.29, 0.717) is 5.95 Å². The van der Waals surface area contributed by atoms with Crippen LogP contribution in [0.3, 0.4) is 0 Å². The summed E-state index contributed by atoms with van der Waals surface area (Å²) in [5.74, 6) is 0.324. The summed E-state index contributed by atoms with van der Waals surface area (Å²) in [5.41, 5.74) is 12.5. The van der Waals surface area contributed by atoms with Gasteiger partial charge in [-0.2, -0.15) is 0 Å². The average Bonchev–Trinajstić information content (AvgIpc) is 2.21. The van der Waals surface area contributed by atoms with Crippen LogP contribution in [0, 0.1) is 27.7 Å². The Morgan fingerprint density at radius 1 is 0.941 bits per heavy atom. The lowest BCUT2D eigenvalue weighted by Crippen LogP contribution is -2.00. The highest BCUT2D eigenvalue weighted by Gasteiger charge is 2.11. The van der Waals surface area contributed by atoms with Gasteiger partial charge in [-0.3, -0.25) is 0 Å². The van der Waals surface area contributed by atoms with Crippen LogP contribution >= 0.6 is 0 Å². The SMILES string of the molecule is Cc1cc(C)c(-c2nc(N)ncc2C)c(C)c1. The zero-order valence-corrected chi connectivity index (χ0v) is 10.7. The van der Waals surface area contributed by atoms with Gasteiger partial charge in [0, 0.05) is 11.8 Å². The molecule has 1 aromatic heterocycles. The number of rotatable bonds is 1. The number of nitrogen functional groups attached to an aromatic ring is 1. The maximum atomic E-state index is 5.67.